The maximum atomic E-state index is 12.2. The molecule has 0 aliphatic heterocycles. The summed E-state index contributed by atoms with van der Waals surface area (Å²) in [4.78, 5) is 24.9. The Morgan fingerprint density at radius 3 is 2.23 bits per heavy atom. The molecule has 0 unspecified atom stereocenters. The monoisotopic (exact) mass is 311 g/mol. The summed E-state index contributed by atoms with van der Waals surface area (Å²) in [5.41, 5.74) is 0. The van der Waals surface area contributed by atoms with Gasteiger partial charge in [0.15, 0.2) is 0 Å². The van der Waals surface area contributed by atoms with Crippen molar-refractivity contribution < 1.29 is 14.7 Å². The lowest BCUT2D eigenvalue weighted by molar-refractivity contribution is -0.149. The van der Waals surface area contributed by atoms with Gasteiger partial charge in [0.25, 0.3) is 0 Å². The average molecular weight is 311 g/mol. The number of carboxylic acids is 1. The van der Waals surface area contributed by atoms with Gasteiger partial charge >= 0.3 is 5.97 Å². The van der Waals surface area contributed by atoms with E-state index in [0.717, 1.165) is 25.7 Å². The van der Waals surface area contributed by atoms with Gasteiger partial charge in [-0.1, -0.05) is 51.5 Å². The largest absolute Gasteiger partial charge is 0.480 e. The van der Waals surface area contributed by atoms with Crippen molar-refractivity contribution in [2.45, 2.75) is 84.1 Å². The quantitative estimate of drug-likeness (QED) is 0.382. The Morgan fingerprint density at radius 2 is 1.68 bits per heavy atom. The van der Waals surface area contributed by atoms with E-state index in [0.29, 0.717) is 13.0 Å². The van der Waals surface area contributed by atoms with Gasteiger partial charge in [0.2, 0.25) is 5.91 Å². The van der Waals surface area contributed by atoms with Crippen molar-refractivity contribution in [2.75, 3.05) is 6.54 Å². The molecule has 0 aromatic heterocycles. The van der Waals surface area contributed by atoms with Crippen LogP contribution in [0.2, 0.25) is 0 Å². The van der Waals surface area contributed by atoms with Gasteiger partial charge in [-0.3, -0.25) is 4.79 Å². The van der Waals surface area contributed by atoms with E-state index in [4.69, 9.17) is 5.11 Å². The molecule has 0 aliphatic rings. The Balaban J connectivity index is 4.16. The van der Waals surface area contributed by atoms with Gasteiger partial charge in [0.05, 0.1) is 0 Å². The fraction of sp³-hybridized carbons (Fsp3) is 0.778. The van der Waals surface area contributed by atoms with Crippen molar-refractivity contribution in [2.24, 2.45) is 0 Å². The Kier molecular flexibility index (Phi) is 12.5. The molecule has 128 valence electrons. The molecule has 0 saturated heterocycles. The molecule has 0 aromatic carbocycles. The number of aliphatic carboxylic acids is 1. The molecule has 1 amide bonds. The highest BCUT2D eigenvalue weighted by Crippen LogP contribution is 2.11. The summed E-state index contributed by atoms with van der Waals surface area (Å²) in [7, 11) is 0. The molecule has 0 aliphatic carbocycles. The number of unbranched alkanes of at least 4 members (excludes halogenated alkanes) is 7. The Hall–Kier alpha value is -1.32. The van der Waals surface area contributed by atoms with Crippen molar-refractivity contribution >= 4 is 11.9 Å². The molecule has 0 aromatic rings. The van der Waals surface area contributed by atoms with Crippen LogP contribution in [-0.2, 0) is 9.59 Å². The van der Waals surface area contributed by atoms with E-state index >= 15 is 0 Å². The van der Waals surface area contributed by atoms with Crippen molar-refractivity contribution in [1.82, 2.24) is 4.90 Å². The second-order valence-corrected chi connectivity index (χ2v) is 5.90. The number of hydrogen-bond donors (Lipinski definition) is 1. The highest BCUT2D eigenvalue weighted by Gasteiger charge is 2.24. The van der Waals surface area contributed by atoms with Gasteiger partial charge in [-0.15, -0.1) is 6.58 Å². The zero-order valence-corrected chi connectivity index (χ0v) is 14.4. The van der Waals surface area contributed by atoms with Crippen LogP contribution in [0.5, 0.6) is 0 Å². The molecule has 0 rings (SSSR count). The summed E-state index contributed by atoms with van der Waals surface area (Å²) >= 11 is 0. The normalized spacial score (nSPS) is 11.9. The summed E-state index contributed by atoms with van der Waals surface area (Å²) in [6.07, 6.45) is 11.9. The number of nitrogens with zero attached hydrogens (tertiary/aromatic N) is 1. The van der Waals surface area contributed by atoms with Crippen LogP contribution in [0.25, 0.3) is 0 Å². The fourth-order valence-corrected chi connectivity index (χ4v) is 2.45. The van der Waals surface area contributed by atoms with Crippen LogP contribution in [0, 0.1) is 0 Å². The molecule has 1 atom stereocenters. The minimum absolute atomic E-state index is 0.0530. The predicted octanol–water partition coefficient (Wildman–Crippen LogP) is 4.40. The number of rotatable bonds is 14. The summed E-state index contributed by atoms with van der Waals surface area (Å²) in [5.74, 6) is -0.984. The van der Waals surface area contributed by atoms with Gasteiger partial charge in [-0.25, -0.2) is 4.79 Å². The Morgan fingerprint density at radius 1 is 1.09 bits per heavy atom. The first-order chi connectivity index (χ1) is 10.5. The van der Waals surface area contributed by atoms with E-state index in [9.17, 15) is 9.59 Å². The molecule has 4 heteroatoms. The molecule has 0 heterocycles. The first kappa shape index (κ1) is 20.7. The van der Waals surface area contributed by atoms with Gasteiger partial charge < -0.3 is 10.0 Å². The molecule has 0 saturated carbocycles. The van der Waals surface area contributed by atoms with Crippen LogP contribution in [0.15, 0.2) is 12.7 Å². The van der Waals surface area contributed by atoms with Gasteiger partial charge in [-0.05, 0) is 26.2 Å². The average Bonchev–Trinajstić information content (AvgIpc) is 2.49. The lowest BCUT2D eigenvalue weighted by Gasteiger charge is -2.26. The summed E-state index contributed by atoms with van der Waals surface area (Å²) in [6.45, 7) is 7.98. The lowest BCUT2D eigenvalue weighted by atomic mass is 10.1. The maximum Gasteiger partial charge on any atom is 0.326 e. The highest BCUT2D eigenvalue weighted by atomic mass is 16.4. The van der Waals surface area contributed by atoms with E-state index in [1.165, 1.54) is 37.0 Å². The topological polar surface area (TPSA) is 57.6 Å². The van der Waals surface area contributed by atoms with E-state index in [2.05, 4.69) is 13.5 Å². The molecular formula is C18H33NO3. The van der Waals surface area contributed by atoms with Crippen LogP contribution >= 0.6 is 0 Å². The molecule has 0 spiro atoms. The van der Waals surface area contributed by atoms with E-state index in [1.807, 2.05) is 0 Å². The van der Waals surface area contributed by atoms with Crippen molar-refractivity contribution in [3.8, 4) is 0 Å². The minimum Gasteiger partial charge on any atom is -0.480 e. The van der Waals surface area contributed by atoms with Crippen molar-refractivity contribution in [3.63, 3.8) is 0 Å². The Labute approximate surface area is 135 Å². The van der Waals surface area contributed by atoms with Gasteiger partial charge in [0, 0.05) is 13.0 Å². The SMILES string of the molecule is C=CCCCC(=O)N(CCCCCCCCC)[C@@H](C)C(=O)O. The lowest BCUT2D eigenvalue weighted by Crippen LogP contribution is -2.43. The van der Waals surface area contributed by atoms with E-state index in [-0.39, 0.29) is 5.91 Å². The van der Waals surface area contributed by atoms with Crippen LogP contribution in [0.3, 0.4) is 0 Å². The summed E-state index contributed by atoms with van der Waals surface area (Å²) in [6, 6.07) is -0.740. The number of allylic oxidation sites excluding steroid dienone is 1. The van der Waals surface area contributed by atoms with Crippen molar-refractivity contribution in [3.05, 3.63) is 12.7 Å². The van der Waals surface area contributed by atoms with E-state index in [1.54, 1.807) is 13.0 Å². The highest BCUT2D eigenvalue weighted by molar-refractivity contribution is 5.83. The minimum atomic E-state index is -0.931. The van der Waals surface area contributed by atoms with Crippen LogP contribution in [0.4, 0.5) is 0 Å². The molecular weight excluding hydrogens is 278 g/mol. The smallest absolute Gasteiger partial charge is 0.326 e. The molecule has 1 N–H and O–H groups in total. The number of carbonyl (C=O) groups is 2. The van der Waals surface area contributed by atoms with Crippen LogP contribution in [0.1, 0.15) is 78.1 Å². The fourth-order valence-electron chi connectivity index (χ4n) is 2.45. The number of amides is 1. The third kappa shape index (κ3) is 9.59. The number of carbonyl (C=O) groups excluding carboxylic acids is 1. The Bertz CT molecular complexity index is 328. The van der Waals surface area contributed by atoms with Gasteiger partial charge in [0.1, 0.15) is 6.04 Å². The first-order valence-electron chi connectivity index (χ1n) is 8.67. The van der Waals surface area contributed by atoms with E-state index < -0.39 is 12.0 Å². The van der Waals surface area contributed by atoms with Crippen LogP contribution < -0.4 is 0 Å². The van der Waals surface area contributed by atoms with Gasteiger partial charge in [-0.2, -0.15) is 0 Å². The van der Waals surface area contributed by atoms with Crippen LogP contribution in [-0.4, -0.2) is 34.5 Å². The zero-order valence-electron chi connectivity index (χ0n) is 14.4. The summed E-state index contributed by atoms with van der Waals surface area (Å²) < 4.78 is 0. The molecule has 4 nitrogen and oxygen atoms in total. The zero-order chi connectivity index (χ0) is 16.8. The second kappa shape index (κ2) is 13.4. The predicted molar refractivity (Wildman–Crippen MR) is 90.9 cm³/mol. The molecule has 0 bridgehead atoms. The third-order valence-corrected chi connectivity index (χ3v) is 3.95. The number of carboxylic acid groups (broad SMARTS) is 1. The standard InChI is InChI=1S/C18H33NO3/c1-4-6-8-9-10-11-13-15-19(16(3)18(21)22)17(20)14-12-7-5-2/h5,16H,2,4,6-15H2,1,3H3,(H,21,22)/t16-/m0/s1. The molecule has 0 radical (unpaired) electrons. The molecule has 0 fully saturated rings. The summed E-state index contributed by atoms with van der Waals surface area (Å²) in [5, 5.41) is 9.16. The maximum absolute atomic E-state index is 12.2. The number of hydrogen-bond acceptors (Lipinski definition) is 2. The molecule has 22 heavy (non-hydrogen) atoms. The first-order valence-corrected chi connectivity index (χ1v) is 8.67. The third-order valence-electron chi connectivity index (χ3n) is 3.95. The van der Waals surface area contributed by atoms with Crippen molar-refractivity contribution in [1.29, 1.82) is 0 Å². The second-order valence-electron chi connectivity index (χ2n) is 5.90.